The third-order valence-corrected chi connectivity index (χ3v) is 7.23. The maximum absolute atomic E-state index is 9.64. The van der Waals surface area contributed by atoms with E-state index >= 15 is 0 Å². The maximum Gasteiger partial charge on any atom is 0.229 e. The summed E-state index contributed by atoms with van der Waals surface area (Å²) < 4.78 is 3.98. The highest BCUT2D eigenvalue weighted by Gasteiger charge is 2.26. The molecule has 0 radical (unpaired) electrons. The first-order valence-corrected chi connectivity index (χ1v) is 13.0. The number of piperidine rings is 1. The van der Waals surface area contributed by atoms with Crippen LogP contribution in [0.4, 0.5) is 17.6 Å². The molecule has 194 valence electrons. The Bertz CT molecular complexity index is 1380. The number of benzene rings is 1. The fourth-order valence-corrected chi connectivity index (χ4v) is 4.97. The number of aliphatic hydroxyl groups excluding tert-OH is 1. The number of fused-ring (bicyclic) bond motifs is 1. The lowest BCUT2D eigenvalue weighted by atomic mass is 10.1. The van der Waals surface area contributed by atoms with Gasteiger partial charge in [-0.05, 0) is 38.3 Å². The van der Waals surface area contributed by atoms with Gasteiger partial charge in [0, 0.05) is 57.1 Å². The highest BCUT2D eigenvalue weighted by molar-refractivity contribution is 5.84. The van der Waals surface area contributed by atoms with Crippen LogP contribution in [-0.4, -0.2) is 72.7 Å². The van der Waals surface area contributed by atoms with Gasteiger partial charge in [-0.3, -0.25) is 0 Å². The van der Waals surface area contributed by atoms with Gasteiger partial charge in [0.15, 0.2) is 22.8 Å². The predicted molar refractivity (Wildman–Crippen MR) is 144 cm³/mol. The zero-order chi connectivity index (χ0) is 25.5. The Morgan fingerprint density at radius 3 is 2.62 bits per heavy atom. The minimum Gasteiger partial charge on any atom is -0.389 e. The maximum atomic E-state index is 9.64. The summed E-state index contributed by atoms with van der Waals surface area (Å²) in [6.45, 7) is 7.76. The van der Waals surface area contributed by atoms with Gasteiger partial charge in [0.05, 0.1) is 18.1 Å². The SMILES string of the molecule is CC(C)n1cnc2c(NCc3ccccc3-n3ccc(N4CC(O)C4)n3)nc(N3CCC(N)CC3)nc21. The molecule has 2 fully saturated rings. The smallest absolute Gasteiger partial charge is 0.229 e. The van der Waals surface area contributed by atoms with E-state index in [1.54, 1.807) is 0 Å². The second kappa shape index (κ2) is 9.64. The van der Waals surface area contributed by atoms with E-state index in [0.717, 1.165) is 60.0 Å². The van der Waals surface area contributed by atoms with E-state index in [1.165, 1.54) is 0 Å². The summed E-state index contributed by atoms with van der Waals surface area (Å²) in [7, 11) is 0. The number of para-hydroxylation sites is 1. The molecule has 0 aliphatic carbocycles. The molecule has 0 spiro atoms. The van der Waals surface area contributed by atoms with Crippen LogP contribution in [-0.2, 0) is 6.54 Å². The van der Waals surface area contributed by atoms with Gasteiger partial charge in [-0.1, -0.05) is 18.2 Å². The topological polar surface area (TPSA) is 126 Å². The molecule has 2 aliphatic heterocycles. The minimum atomic E-state index is -0.267. The molecule has 0 amide bonds. The highest BCUT2D eigenvalue weighted by atomic mass is 16.3. The van der Waals surface area contributed by atoms with Crippen LogP contribution in [0.15, 0.2) is 42.9 Å². The quantitative estimate of drug-likeness (QED) is 0.349. The molecule has 1 aromatic carbocycles. The zero-order valence-electron chi connectivity index (χ0n) is 21.3. The van der Waals surface area contributed by atoms with E-state index < -0.39 is 0 Å². The lowest BCUT2D eigenvalue weighted by molar-refractivity contribution is 0.141. The fourth-order valence-electron chi connectivity index (χ4n) is 4.97. The summed E-state index contributed by atoms with van der Waals surface area (Å²) >= 11 is 0. The second-order valence-electron chi connectivity index (χ2n) is 10.3. The van der Waals surface area contributed by atoms with Crippen LogP contribution in [0.1, 0.15) is 38.3 Å². The number of β-amino-alcohol motifs (C(OH)–C–C–N with tert-alkyl or cyclic N) is 1. The average molecular weight is 503 g/mol. The van der Waals surface area contributed by atoms with Crippen molar-refractivity contribution in [3.05, 3.63) is 48.4 Å². The lowest BCUT2D eigenvalue weighted by Crippen LogP contribution is -2.51. The summed E-state index contributed by atoms with van der Waals surface area (Å²) in [5, 5.41) is 17.9. The minimum absolute atomic E-state index is 0.234. The van der Waals surface area contributed by atoms with E-state index in [2.05, 4.69) is 50.6 Å². The molecular formula is C26H34N10O. The molecular weight excluding hydrogens is 468 g/mol. The standard InChI is InChI=1S/C26H34N10O/c1-17(2)35-16-29-23-24(30-26(31-25(23)35)33-10-7-19(27)8-11-33)28-13-18-5-3-4-6-21(18)36-12-9-22(32-36)34-14-20(37)15-34/h3-6,9,12,16-17,19-20,37H,7-8,10-11,13-15,27H2,1-2H3,(H,28,30,31). The van der Waals surface area contributed by atoms with Crippen molar-refractivity contribution < 1.29 is 5.11 Å². The van der Waals surface area contributed by atoms with Gasteiger partial charge in [0.25, 0.3) is 0 Å². The molecule has 37 heavy (non-hydrogen) atoms. The third-order valence-electron chi connectivity index (χ3n) is 7.23. The molecule has 11 heteroatoms. The van der Waals surface area contributed by atoms with Gasteiger partial charge in [-0.2, -0.15) is 15.1 Å². The number of rotatable bonds is 7. The monoisotopic (exact) mass is 502 g/mol. The zero-order valence-corrected chi connectivity index (χ0v) is 21.3. The number of anilines is 3. The van der Waals surface area contributed by atoms with Crippen molar-refractivity contribution in [2.75, 3.05) is 41.3 Å². The molecule has 2 aliphatic rings. The van der Waals surface area contributed by atoms with Crippen LogP contribution in [0.2, 0.25) is 0 Å². The Hall–Kier alpha value is -3.70. The van der Waals surface area contributed by atoms with Gasteiger partial charge in [0.1, 0.15) is 0 Å². The lowest BCUT2D eigenvalue weighted by Gasteiger charge is -2.35. The van der Waals surface area contributed by atoms with Gasteiger partial charge in [0.2, 0.25) is 5.95 Å². The van der Waals surface area contributed by atoms with Crippen LogP contribution in [0.25, 0.3) is 16.9 Å². The highest BCUT2D eigenvalue weighted by Crippen LogP contribution is 2.27. The molecule has 3 aromatic heterocycles. The number of hydrogen-bond donors (Lipinski definition) is 3. The van der Waals surface area contributed by atoms with E-state index in [1.807, 2.05) is 35.4 Å². The van der Waals surface area contributed by atoms with Crippen molar-refractivity contribution in [1.29, 1.82) is 0 Å². The van der Waals surface area contributed by atoms with Crippen LogP contribution >= 0.6 is 0 Å². The van der Waals surface area contributed by atoms with Crippen LogP contribution in [0.5, 0.6) is 0 Å². The molecule has 0 atom stereocenters. The van der Waals surface area contributed by atoms with Crippen molar-refractivity contribution in [3.63, 3.8) is 0 Å². The first-order chi connectivity index (χ1) is 18.0. The molecule has 4 aromatic rings. The fraction of sp³-hybridized carbons (Fsp3) is 0.462. The van der Waals surface area contributed by atoms with Crippen molar-refractivity contribution in [2.24, 2.45) is 5.73 Å². The van der Waals surface area contributed by atoms with E-state index in [-0.39, 0.29) is 18.2 Å². The normalized spacial score (nSPS) is 17.1. The van der Waals surface area contributed by atoms with Crippen LogP contribution in [0, 0.1) is 0 Å². The van der Waals surface area contributed by atoms with Gasteiger partial charge in [-0.25, -0.2) is 9.67 Å². The van der Waals surface area contributed by atoms with Gasteiger partial charge in [-0.15, -0.1) is 0 Å². The molecule has 11 nitrogen and oxygen atoms in total. The van der Waals surface area contributed by atoms with Crippen LogP contribution < -0.4 is 20.9 Å². The molecule has 2 saturated heterocycles. The Kier molecular flexibility index (Phi) is 6.17. The Balaban J connectivity index is 1.29. The predicted octanol–water partition coefficient (Wildman–Crippen LogP) is 2.31. The van der Waals surface area contributed by atoms with Crippen LogP contribution in [0.3, 0.4) is 0 Å². The number of nitrogens with two attached hydrogens (primary N) is 1. The number of imidazole rings is 1. The van der Waals surface area contributed by atoms with Gasteiger partial charge < -0.3 is 30.5 Å². The van der Waals surface area contributed by atoms with E-state index in [4.69, 9.17) is 20.8 Å². The summed E-state index contributed by atoms with van der Waals surface area (Å²) in [5.41, 5.74) is 9.81. The Labute approximate surface area is 215 Å². The van der Waals surface area contributed by atoms with E-state index in [0.29, 0.717) is 25.6 Å². The average Bonchev–Trinajstić information content (AvgIpc) is 3.54. The Morgan fingerprint density at radius 1 is 1.08 bits per heavy atom. The van der Waals surface area contributed by atoms with E-state index in [9.17, 15) is 5.11 Å². The Morgan fingerprint density at radius 2 is 1.86 bits per heavy atom. The van der Waals surface area contributed by atoms with Crippen molar-refractivity contribution in [2.45, 2.75) is 51.4 Å². The second-order valence-corrected chi connectivity index (χ2v) is 10.3. The first kappa shape index (κ1) is 23.7. The number of aromatic nitrogens is 6. The van der Waals surface area contributed by atoms with Crippen molar-refractivity contribution >= 4 is 28.7 Å². The third kappa shape index (κ3) is 4.60. The van der Waals surface area contributed by atoms with Gasteiger partial charge >= 0.3 is 0 Å². The largest absolute Gasteiger partial charge is 0.389 e. The summed E-state index contributed by atoms with van der Waals surface area (Å²) in [6, 6.07) is 10.7. The number of hydrogen-bond acceptors (Lipinski definition) is 9. The molecule has 0 unspecified atom stereocenters. The van der Waals surface area contributed by atoms with Crippen molar-refractivity contribution in [1.82, 2.24) is 29.3 Å². The summed E-state index contributed by atoms with van der Waals surface area (Å²) in [4.78, 5) is 18.8. The molecule has 0 bridgehead atoms. The molecule has 4 N–H and O–H groups in total. The number of nitrogens with one attached hydrogen (secondary N) is 1. The summed E-state index contributed by atoms with van der Waals surface area (Å²) in [6.07, 6.45) is 5.41. The number of aliphatic hydroxyl groups is 1. The molecule has 5 heterocycles. The number of nitrogens with zero attached hydrogens (tertiary/aromatic N) is 8. The summed E-state index contributed by atoms with van der Waals surface area (Å²) in [5.74, 6) is 2.31. The first-order valence-electron chi connectivity index (χ1n) is 13.0. The molecule has 0 saturated carbocycles. The molecule has 6 rings (SSSR count). The van der Waals surface area contributed by atoms with Crippen molar-refractivity contribution in [3.8, 4) is 5.69 Å².